The number of methoxy groups -OCH3 is 1. The number of hydrogen-bond acceptors (Lipinski definition) is 6. The Morgan fingerprint density at radius 2 is 1.38 bits per heavy atom. The van der Waals surface area contributed by atoms with E-state index in [0.717, 1.165) is 56.0 Å². The average molecular weight is 459 g/mol. The van der Waals surface area contributed by atoms with Crippen molar-refractivity contribution in [1.82, 2.24) is 9.80 Å². The topological polar surface area (TPSA) is 70.1 Å². The van der Waals surface area contributed by atoms with Gasteiger partial charge in [0, 0.05) is 24.2 Å². The number of aryl methyl sites for hydroxylation is 1. The van der Waals surface area contributed by atoms with Crippen molar-refractivity contribution in [1.29, 1.82) is 0 Å². The summed E-state index contributed by atoms with van der Waals surface area (Å²) in [6, 6.07) is 10.6. The third-order valence-corrected chi connectivity index (χ3v) is 8.32. The summed E-state index contributed by atoms with van der Waals surface area (Å²) >= 11 is 0. The Kier molecular flexibility index (Phi) is 7.38. The van der Waals surface area contributed by atoms with Crippen LogP contribution in [0.25, 0.3) is 0 Å². The third kappa shape index (κ3) is 5.63. The van der Waals surface area contributed by atoms with Crippen LogP contribution in [-0.4, -0.2) is 62.4 Å². The second-order valence-electron chi connectivity index (χ2n) is 8.97. The monoisotopic (exact) mass is 458 g/mol. The lowest BCUT2D eigenvalue weighted by molar-refractivity contribution is 0.312. The van der Waals surface area contributed by atoms with E-state index in [4.69, 9.17) is 4.74 Å². The molecule has 0 amide bonds. The highest BCUT2D eigenvalue weighted by Gasteiger charge is 2.21. The molecular weight excluding hydrogens is 424 g/mol. The van der Waals surface area contributed by atoms with Crippen LogP contribution < -0.4 is 4.74 Å². The van der Waals surface area contributed by atoms with E-state index in [0.29, 0.717) is 22.8 Å². The number of likely N-dealkylation sites (tertiary alicyclic amines) is 2. The maximum Gasteiger partial charge on any atom is 0.178 e. The number of hydrogen-bond donors (Lipinski definition) is 1. The van der Waals surface area contributed by atoms with Crippen molar-refractivity contribution >= 4 is 9.84 Å². The van der Waals surface area contributed by atoms with Crippen LogP contribution in [0.5, 0.6) is 11.5 Å². The molecule has 0 unspecified atom stereocenters. The van der Waals surface area contributed by atoms with E-state index >= 15 is 0 Å². The molecule has 2 heterocycles. The summed E-state index contributed by atoms with van der Waals surface area (Å²) in [5, 5.41) is 11.0. The number of ether oxygens (including phenoxy) is 1. The first-order chi connectivity index (χ1) is 15.4. The Balaban J connectivity index is 1.54. The summed E-state index contributed by atoms with van der Waals surface area (Å²) in [6.45, 7) is 5.65. The Morgan fingerprint density at radius 1 is 0.875 bits per heavy atom. The smallest absolute Gasteiger partial charge is 0.178 e. The van der Waals surface area contributed by atoms with E-state index in [-0.39, 0.29) is 5.75 Å². The van der Waals surface area contributed by atoms with Gasteiger partial charge in [-0.2, -0.15) is 0 Å². The lowest BCUT2D eigenvalue weighted by Crippen LogP contribution is -2.21. The Morgan fingerprint density at radius 3 is 1.84 bits per heavy atom. The van der Waals surface area contributed by atoms with Gasteiger partial charge in [-0.25, -0.2) is 8.42 Å². The zero-order valence-electron chi connectivity index (χ0n) is 18.9. The molecular formula is C25H34N2O4S. The number of nitrogens with zero attached hydrogens (tertiary/aromatic N) is 2. The average Bonchev–Trinajstić information content (AvgIpc) is 3.50. The van der Waals surface area contributed by atoms with Gasteiger partial charge in [0.05, 0.1) is 17.8 Å². The van der Waals surface area contributed by atoms with Gasteiger partial charge in [-0.1, -0.05) is 12.1 Å². The SMILES string of the molecule is COc1ccc(S(=O)(=O)CCc2cc(CN3CCCC3)c(O)c(CN3CCCC3)c2)cc1. The highest BCUT2D eigenvalue weighted by atomic mass is 32.2. The molecule has 0 bridgehead atoms. The Bertz CT molecular complexity index is 970. The normalized spacial score (nSPS) is 17.8. The fraction of sp³-hybridized carbons (Fsp3) is 0.520. The Hall–Kier alpha value is -2.09. The van der Waals surface area contributed by atoms with Crippen molar-refractivity contribution in [3.8, 4) is 11.5 Å². The zero-order chi connectivity index (χ0) is 22.6. The zero-order valence-corrected chi connectivity index (χ0v) is 19.7. The molecule has 0 spiro atoms. The van der Waals surface area contributed by atoms with Crippen molar-refractivity contribution in [2.75, 3.05) is 39.0 Å². The second-order valence-corrected chi connectivity index (χ2v) is 11.1. The quantitative estimate of drug-likeness (QED) is 0.619. The van der Waals surface area contributed by atoms with E-state index in [1.54, 1.807) is 31.4 Å². The van der Waals surface area contributed by atoms with E-state index in [1.165, 1.54) is 25.7 Å². The summed E-state index contributed by atoms with van der Waals surface area (Å²) in [5.74, 6) is 1.06. The van der Waals surface area contributed by atoms with Crippen LogP contribution in [0.15, 0.2) is 41.3 Å². The molecule has 2 aliphatic rings. The van der Waals surface area contributed by atoms with Gasteiger partial charge in [-0.05, 0) is 88.1 Å². The lowest BCUT2D eigenvalue weighted by Gasteiger charge is -2.21. The number of sulfone groups is 1. The standard InChI is InChI=1S/C25H34N2O4S/c1-31-23-6-8-24(9-7-23)32(29,30)15-10-20-16-21(18-26-11-2-3-12-26)25(28)22(17-20)19-27-13-4-5-14-27/h6-9,16-17,28H,2-5,10-15,18-19H2,1H3. The van der Waals surface area contributed by atoms with E-state index in [1.807, 2.05) is 12.1 Å². The van der Waals surface area contributed by atoms with Crippen LogP contribution in [0.3, 0.4) is 0 Å². The summed E-state index contributed by atoms with van der Waals surface area (Å²) in [4.78, 5) is 5.05. The van der Waals surface area contributed by atoms with Gasteiger partial charge in [-0.3, -0.25) is 9.80 Å². The summed E-state index contributed by atoms with van der Waals surface area (Å²) in [5.41, 5.74) is 2.81. The first-order valence-electron chi connectivity index (χ1n) is 11.6. The fourth-order valence-corrected chi connectivity index (χ4v) is 6.02. The van der Waals surface area contributed by atoms with E-state index in [9.17, 15) is 13.5 Å². The molecule has 0 aliphatic carbocycles. The number of phenols is 1. The maximum absolute atomic E-state index is 12.9. The summed E-state index contributed by atoms with van der Waals surface area (Å²) in [7, 11) is -1.84. The highest BCUT2D eigenvalue weighted by Crippen LogP contribution is 2.30. The van der Waals surface area contributed by atoms with Gasteiger partial charge in [0.25, 0.3) is 0 Å². The van der Waals surface area contributed by atoms with Crippen LogP contribution in [0.4, 0.5) is 0 Å². The maximum atomic E-state index is 12.9. The fourth-order valence-electron chi connectivity index (χ4n) is 4.73. The molecule has 32 heavy (non-hydrogen) atoms. The number of aromatic hydroxyl groups is 1. The molecule has 0 atom stereocenters. The molecule has 2 fully saturated rings. The van der Waals surface area contributed by atoms with Gasteiger partial charge in [0.1, 0.15) is 11.5 Å². The van der Waals surface area contributed by atoms with Gasteiger partial charge in [-0.15, -0.1) is 0 Å². The molecule has 2 aliphatic heterocycles. The molecule has 1 N–H and O–H groups in total. The molecule has 0 saturated carbocycles. The highest BCUT2D eigenvalue weighted by molar-refractivity contribution is 7.91. The molecule has 4 rings (SSSR count). The summed E-state index contributed by atoms with van der Waals surface area (Å²) in [6.07, 6.45) is 5.21. The van der Waals surface area contributed by atoms with Crippen LogP contribution in [0.1, 0.15) is 42.4 Å². The van der Waals surface area contributed by atoms with Crippen LogP contribution in [-0.2, 0) is 29.3 Å². The number of phenolic OH excluding ortho intramolecular Hbond substituents is 1. The van der Waals surface area contributed by atoms with Crippen LogP contribution >= 0.6 is 0 Å². The first-order valence-corrected chi connectivity index (χ1v) is 13.2. The molecule has 0 radical (unpaired) electrons. The van der Waals surface area contributed by atoms with Gasteiger partial charge >= 0.3 is 0 Å². The predicted molar refractivity (Wildman–Crippen MR) is 126 cm³/mol. The van der Waals surface area contributed by atoms with E-state index in [2.05, 4.69) is 9.80 Å². The molecule has 6 nitrogen and oxygen atoms in total. The van der Waals surface area contributed by atoms with Crippen molar-refractivity contribution < 1.29 is 18.3 Å². The molecule has 7 heteroatoms. The van der Waals surface area contributed by atoms with Crippen molar-refractivity contribution in [2.45, 2.75) is 50.1 Å². The minimum atomic E-state index is -3.40. The minimum absolute atomic E-state index is 0.0381. The van der Waals surface area contributed by atoms with Crippen LogP contribution in [0.2, 0.25) is 0 Å². The number of benzene rings is 2. The largest absolute Gasteiger partial charge is 0.507 e. The second kappa shape index (κ2) is 10.2. The predicted octanol–water partition coefficient (Wildman–Crippen LogP) is 3.61. The number of rotatable bonds is 9. The molecule has 2 saturated heterocycles. The van der Waals surface area contributed by atoms with E-state index < -0.39 is 9.84 Å². The van der Waals surface area contributed by atoms with Crippen molar-refractivity contribution in [3.05, 3.63) is 53.1 Å². The lowest BCUT2D eigenvalue weighted by atomic mass is 10.0. The van der Waals surface area contributed by atoms with Gasteiger partial charge < -0.3 is 9.84 Å². The molecule has 174 valence electrons. The van der Waals surface area contributed by atoms with Crippen molar-refractivity contribution in [2.24, 2.45) is 0 Å². The molecule has 2 aromatic rings. The molecule has 0 aromatic heterocycles. The minimum Gasteiger partial charge on any atom is -0.507 e. The third-order valence-electron chi connectivity index (χ3n) is 6.59. The Labute approximate surface area is 191 Å². The molecule has 2 aromatic carbocycles. The summed E-state index contributed by atoms with van der Waals surface area (Å²) < 4.78 is 30.9. The van der Waals surface area contributed by atoms with Gasteiger partial charge in [0.2, 0.25) is 0 Å². The van der Waals surface area contributed by atoms with Crippen molar-refractivity contribution in [3.63, 3.8) is 0 Å². The van der Waals surface area contributed by atoms with Crippen LogP contribution in [0, 0.1) is 0 Å². The first kappa shape index (κ1) is 23.1. The van der Waals surface area contributed by atoms with Gasteiger partial charge in [0.15, 0.2) is 9.84 Å².